The van der Waals surface area contributed by atoms with Crippen LogP contribution in [-0.2, 0) is 4.79 Å². The van der Waals surface area contributed by atoms with Gasteiger partial charge < -0.3 is 10.3 Å². The molecule has 19 heavy (non-hydrogen) atoms. The van der Waals surface area contributed by atoms with Crippen LogP contribution >= 0.6 is 11.8 Å². The number of carbonyl (C=O) groups excluding carboxylic acids is 1. The average Bonchev–Trinajstić information content (AvgIpc) is 2.94. The van der Waals surface area contributed by atoms with Gasteiger partial charge >= 0.3 is 0 Å². The first-order chi connectivity index (χ1) is 9.11. The molecule has 2 aromatic rings. The molecule has 1 aliphatic rings. The second-order valence-electron chi connectivity index (χ2n) is 3.93. The Hall–Kier alpha value is -2.35. The molecule has 1 saturated heterocycles. The van der Waals surface area contributed by atoms with Crippen molar-refractivity contribution in [2.45, 2.75) is 0 Å². The van der Waals surface area contributed by atoms with E-state index in [-0.39, 0.29) is 11.6 Å². The minimum absolute atomic E-state index is 0.0129. The van der Waals surface area contributed by atoms with Crippen molar-refractivity contribution in [2.75, 3.05) is 5.75 Å². The number of H-pyrrole nitrogens is 1. The summed E-state index contributed by atoms with van der Waals surface area (Å²) >= 11 is 1.40. The normalized spacial score (nSPS) is 17.1. The summed E-state index contributed by atoms with van der Waals surface area (Å²) in [5, 5.41) is 14.1. The molecule has 1 aromatic carbocycles. The summed E-state index contributed by atoms with van der Waals surface area (Å²) < 4.78 is 0. The molecule has 96 valence electrons. The molecule has 2 N–H and O–H groups in total. The molecular weight excluding hydrogens is 268 g/mol. The highest BCUT2D eigenvalue weighted by molar-refractivity contribution is 8.04. The van der Waals surface area contributed by atoms with Crippen LogP contribution in [0.4, 0.5) is 5.69 Å². The van der Waals surface area contributed by atoms with Gasteiger partial charge in [-0.2, -0.15) is 0 Å². The van der Waals surface area contributed by atoms with E-state index in [1.165, 1.54) is 23.9 Å². The lowest BCUT2D eigenvalue weighted by atomic mass is 10.3. The van der Waals surface area contributed by atoms with E-state index in [0.29, 0.717) is 22.6 Å². The third kappa shape index (κ3) is 2.29. The molecule has 0 unspecified atom stereocenters. The first kappa shape index (κ1) is 11.7. The van der Waals surface area contributed by atoms with Crippen LogP contribution in [0.1, 0.15) is 5.82 Å². The van der Waals surface area contributed by atoms with Gasteiger partial charge in [0.15, 0.2) is 0 Å². The predicted octanol–water partition coefficient (Wildman–Crippen LogP) is 1.63. The molecule has 3 rings (SSSR count). The smallest absolute Gasteiger partial charge is 0.271 e. The Kier molecular flexibility index (Phi) is 2.71. The van der Waals surface area contributed by atoms with Crippen LogP contribution in [-0.4, -0.2) is 26.6 Å². The Labute approximate surface area is 111 Å². The van der Waals surface area contributed by atoms with Crippen LogP contribution in [0.2, 0.25) is 0 Å². The first-order valence-corrected chi connectivity index (χ1v) is 6.39. The topological polar surface area (TPSA) is 101 Å². The molecule has 2 heterocycles. The van der Waals surface area contributed by atoms with Crippen LogP contribution in [0.25, 0.3) is 17.1 Å². The Morgan fingerprint density at radius 3 is 3.00 bits per heavy atom. The number of nitrogens with one attached hydrogen (secondary N) is 2. The van der Waals surface area contributed by atoms with Crippen LogP contribution in [0.15, 0.2) is 23.2 Å². The van der Waals surface area contributed by atoms with Crippen molar-refractivity contribution in [1.29, 1.82) is 0 Å². The number of hydrogen-bond acceptors (Lipinski definition) is 5. The minimum Gasteiger partial charge on any atom is -0.338 e. The molecule has 0 radical (unpaired) electrons. The van der Waals surface area contributed by atoms with Gasteiger partial charge in [-0.25, -0.2) is 4.98 Å². The number of fused-ring (bicyclic) bond motifs is 1. The number of carbonyl (C=O) groups is 1. The highest BCUT2D eigenvalue weighted by Crippen LogP contribution is 2.23. The second kappa shape index (κ2) is 4.39. The van der Waals surface area contributed by atoms with Crippen molar-refractivity contribution in [3.05, 3.63) is 39.2 Å². The Morgan fingerprint density at radius 1 is 1.47 bits per heavy atom. The van der Waals surface area contributed by atoms with Gasteiger partial charge in [-0.05, 0) is 6.07 Å². The number of rotatable bonds is 2. The highest BCUT2D eigenvalue weighted by atomic mass is 32.2. The SMILES string of the molecule is O=C1CS/C(=C\c2nc3ccc([N+](=O)[O-])cc3[nH]2)N1. The summed E-state index contributed by atoms with van der Waals surface area (Å²) in [6.07, 6.45) is 1.71. The zero-order chi connectivity index (χ0) is 13.4. The molecule has 0 atom stereocenters. The van der Waals surface area contributed by atoms with Crippen LogP contribution in [0.5, 0.6) is 0 Å². The molecular formula is C11H8N4O3S. The third-order valence-electron chi connectivity index (χ3n) is 2.58. The number of benzene rings is 1. The van der Waals surface area contributed by atoms with Gasteiger partial charge in [0.2, 0.25) is 5.91 Å². The van der Waals surface area contributed by atoms with E-state index < -0.39 is 4.92 Å². The number of aromatic nitrogens is 2. The van der Waals surface area contributed by atoms with Gasteiger partial charge in [-0.3, -0.25) is 14.9 Å². The molecule has 0 saturated carbocycles. The fraction of sp³-hybridized carbons (Fsp3) is 0.0909. The van der Waals surface area contributed by atoms with Gasteiger partial charge in [-0.1, -0.05) is 11.8 Å². The van der Waals surface area contributed by atoms with Crippen LogP contribution in [0, 0.1) is 10.1 Å². The van der Waals surface area contributed by atoms with Crippen molar-refractivity contribution in [3.63, 3.8) is 0 Å². The number of imidazole rings is 1. The number of thioether (sulfide) groups is 1. The van der Waals surface area contributed by atoms with Crippen molar-refractivity contribution in [2.24, 2.45) is 0 Å². The van der Waals surface area contributed by atoms with Crippen LogP contribution in [0.3, 0.4) is 0 Å². The third-order valence-corrected chi connectivity index (χ3v) is 3.52. The maximum Gasteiger partial charge on any atom is 0.271 e. The molecule has 0 aliphatic carbocycles. The molecule has 0 spiro atoms. The standard InChI is InChI=1S/C11H8N4O3S/c16-10-5-19-11(14-10)4-9-12-7-2-1-6(15(17)18)3-8(7)13-9/h1-4H,5H2,(H,12,13)(H,14,16)/b11-4-. The zero-order valence-electron chi connectivity index (χ0n) is 9.54. The summed E-state index contributed by atoms with van der Waals surface area (Å²) in [5.41, 5.74) is 1.25. The number of non-ortho nitro benzene ring substituents is 1. The highest BCUT2D eigenvalue weighted by Gasteiger charge is 2.15. The lowest BCUT2D eigenvalue weighted by Crippen LogP contribution is -2.13. The van der Waals surface area contributed by atoms with Gasteiger partial charge in [0, 0.05) is 18.2 Å². The van der Waals surface area contributed by atoms with Crippen molar-refractivity contribution >= 4 is 40.5 Å². The summed E-state index contributed by atoms with van der Waals surface area (Å²) in [7, 11) is 0. The maximum absolute atomic E-state index is 11.1. The number of hydrogen-bond donors (Lipinski definition) is 2. The fourth-order valence-electron chi connectivity index (χ4n) is 1.75. The molecule has 1 aliphatic heterocycles. The maximum atomic E-state index is 11.1. The first-order valence-electron chi connectivity index (χ1n) is 5.40. The minimum atomic E-state index is -0.453. The van der Waals surface area contributed by atoms with Crippen molar-refractivity contribution in [1.82, 2.24) is 15.3 Å². The van der Waals surface area contributed by atoms with Gasteiger partial charge in [0.1, 0.15) is 5.82 Å². The van der Waals surface area contributed by atoms with Gasteiger partial charge in [-0.15, -0.1) is 0 Å². The number of nitro groups is 1. The molecule has 1 aromatic heterocycles. The van der Waals surface area contributed by atoms with E-state index in [1.807, 2.05) is 0 Å². The second-order valence-corrected chi connectivity index (χ2v) is 4.94. The summed E-state index contributed by atoms with van der Waals surface area (Å²) in [6, 6.07) is 4.43. The Balaban J connectivity index is 1.97. The van der Waals surface area contributed by atoms with Gasteiger partial charge in [0.05, 0.1) is 26.7 Å². The average molecular weight is 276 g/mol. The molecule has 8 heteroatoms. The quantitative estimate of drug-likeness (QED) is 0.641. The van der Waals surface area contributed by atoms with Crippen molar-refractivity contribution in [3.8, 4) is 0 Å². The number of aromatic amines is 1. The summed E-state index contributed by atoms with van der Waals surface area (Å²) in [6.45, 7) is 0. The van der Waals surface area contributed by atoms with E-state index in [2.05, 4.69) is 15.3 Å². The predicted molar refractivity (Wildman–Crippen MR) is 71.3 cm³/mol. The lowest BCUT2D eigenvalue weighted by Gasteiger charge is -1.92. The van der Waals surface area contributed by atoms with E-state index in [9.17, 15) is 14.9 Å². The van der Waals surface area contributed by atoms with Crippen molar-refractivity contribution < 1.29 is 9.72 Å². The fourth-order valence-corrected chi connectivity index (χ4v) is 2.49. The monoisotopic (exact) mass is 276 g/mol. The largest absolute Gasteiger partial charge is 0.338 e. The number of nitro benzene ring substituents is 1. The Morgan fingerprint density at radius 2 is 2.32 bits per heavy atom. The molecule has 1 fully saturated rings. The van der Waals surface area contributed by atoms with E-state index in [4.69, 9.17) is 0 Å². The lowest BCUT2D eigenvalue weighted by molar-refractivity contribution is -0.384. The zero-order valence-corrected chi connectivity index (χ0v) is 10.4. The van der Waals surface area contributed by atoms with Crippen LogP contribution < -0.4 is 5.32 Å². The molecule has 7 nitrogen and oxygen atoms in total. The van der Waals surface area contributed by atoms with E-state index in [0.717, 1.165) is 5.03 Å². The molecule has 0 bridgehead atoms. The molecule has 1 amide bonds. The number of amides is 1. The summed E-state index contributed by atoms with van der Waals surface area (Å²) in [5.74, 6) is 0.917. The number of nitrogens with zero attached hydrogens (tertiary/aromatic N) is 2. The van der Waals surface area contributed by atoms with Gasteiger partial charge in [0.25, 0.3) is 5.69 Å². The summed E-state index contributed by atoms with van der Waals surface area (Å²) in [4.78, 5) is 28.5. The van der Waals surface area contributed by atoms with E-state index in [1.54, 1.807) is 12.1 Å². The van der Waals surface area contributed by atoms with E-state index >= 15 is 0 Å². The Bertz CT molecular complexity index is 722.